The van der Waals surface area contributed by atoms with Gasteiger partial charge in [-0.1, -0.05) is 58.0 Å². The van der Waals surface area contributed by atoms with Gasteiger partial charge in [-0.2, -0.15) is 0 Å². The maximum atomic E-state index is 13.8. The number of carbonyl (C=O) groups is 2. The Labute approximate surface area is 227 Å². The summed E-state index contributed by atoms with van der Waals surface area (Å²) in [4.78, 5) is 38.2. The second-order valence-corrected chi connectivity index (χ2v) is 12.9. The van der Waals surface area contributed by atoms with Crippen molar-refractivity contribution in [3.05, 3.63) is 98.5 Å². The molecule has 0 bridgehead atoms. The zero-order valence-electron chi connectivity index (χ0n) is 22.8. The van der Waals surface area contributed by atoms with Crippen LogP contribution in [0.25, 0.3) is 10.9 Å². The number of nitro groups is 1. The lowest BCUT2D eigenvalue weighted by Gasteiger charge is -2.43. The number of nitrogens with one attached hydrogen (secondary N) is 1. The van der Waals surface area contributed by atoms with E-state index < -0.39 is 10.8 Å². The minimum absolute atomic E-state index is 0.0583. The Kier molecular flexibility index (Phi) is 5.68. The highest BCUT2D eigenvalue weighted by atomic mass is 16.6. The van der Waals surface area contributed by atoms with Crippen LogP contribution in [0.2, 0.25) is 0 Å². The van der Waals surface area contributed by atoms with Crippen LogP contribution < -0.4 is 5.32 Å². The van der Waals surface area contributed by atoms with Crippen LogP contribution >= 0.6 is 0 Å². The number of para-hydroxylation sites is 1. The Bertz CT molecular complexity index is 1570. The molecule has 0 saturated carbocycles. The number of hydrogen-bond acceptors (Lipinski definition) is 5. The number of rotatable bonds is 4. The highest BCUT2D eigenvalue weighted by Crippen LogP contribution is 2.52. The molecule has 6 rings (SSSR count). The minimum atomic E-state index is -0.411. The van der Waals surface area contributed by atoms with Gasteiger partial charge >= 0.3 is 0 Å². The van der Waals surface area contributed by atoms with Crippen molar-refractivity contribution in [1.82, 2.24) is 9.88 Å². The molecule has 1 aromatic heterocycles. The first-order valence-corrected chi connectivity index (χ1v) is 13.5. The summed E-state index contributed by atoms with van der Waals surface area (Å²) in [5.74, 6) is -0.197. The molecule has 0 atom stereocenters. The fraction of sp³-hybridized carbons (Fsp3) is 0.375. The number of benzene rings is 2. The van der Waals surface area contributed by atoms with Crippen LogP contribution in [0.4, 0.5) is 5.69 Å². The van der Waals surface area contributed by atoms with Gasteiger partial charge in [0.15, 0.2) is 11.6 Å². The van der Waals surface area contributed by atoms with Gasteiger partial charge < -0.3 is 9.88 Å². The topological polar surface area (TPSA) is 94.2 Å². The van der Waals surface area contributed by atoms with Crippen LogP contribution in [0.3, 0.4) is 0 Å². The molecule has 0 fully saturated rings. The first kappa shape index (κ1) is 25.3. The van der Waals surface area contributed by atoms with E-state index in [2.05, 4.69) is 49.8 Å². The van der Waals surface area contributed by atoms with Crippen LogP contribution in [-0.2, 0) is 16.1 Å². The maximum absolute atomic E-state index is 13.8. The molecule has 2 aliphatic carbocycles. The van der Waals surface area contributed by atoms with Gasteiger partial charge in [0.05, 0.1) is 4.92 Å². The molecule has 0 saturated heterocycles. The fourth-order valence-corrected chi connectivity index (χ4v) is 6.76. The largest absolute Gasteiger partial charge is 0.362 e. The quantitative estimate of drug-likeness (QED) is 0.308. The summed E-state index contributed by atoms with van der Waals surface area (Å²) in [5, 5.41) is 15.7. The smallest absolute Gasteiger partial charge is 0.269 e. The average molecular weight is 524 g/mol. The van der Waals surface area contributed by atoms with Gasteiger partial charge in [-0.25, -0.2) is 0 Å². The summed E-state index contributed by atoms with van der Waals surface area (Å²) in [6.07, 6.45) is 4.51. The zero-order valence-corrected chi connectivity index (χ0v) is 22.8. The van der Waals surface area contributed by atoms with Gasteiger partial charge in [-0.05, 0) is 40.9 Å². The van der Waals surface area contributed by atoms with Crippen molar-refractivity contribution in [2.75, 3.05) is 0 Å². The minimum Gasteiger partial charge on any atom is -0.362 e. The average Bonchev–Trinajstić information content (AvgIpc) is 3.19. The maximum Gasteiger partial charge on any atom is 0.269 e. The van der Waals surface area contributed by atoms with Gasteiger partial charge in [0.1, 0.15) is 0 Å². The number of non-ortho nitro benzene ring substituents is 1. The molecule has 200 valence electrons. The third kappa shape index (κ3) is 4.40. The molecule has 0 unspecified atom stereocenters. The summed E-state index contributed by atoms with van der Waals surface area (Å²) in [5.41, 5.74) is 6.05. The predicted octanol–water partition coefficient (Wildman–Crippen LogP) is 6.57. The van der Waals surface area contributed by atoms with Gasteiger partial charge in [-0.3, -0.25) is 19.7 Å². The number of allylic oxidation sites excluding steroid dienone is 4. The van der Waals surface area contributed by atoms with Crippen molar-refractivity contribution in [1.29, 1.82) is 0 Å². The lowest BCUT2D eigenvalue weighted by molar-refractivity contribution is -0.384. The van der Waals surface area contributed by atoms with E-state index >= 15 is 0 Å². The van der Waals surface area contributed by atoms with Crippen molar-refractivity contribution < 1.29 is 14.5 Å². The van der Waals surface area contributed by atoms with Crippen LogP contribution in [0.15, 0.2) is 77.3 Å². The number of aromatic nitrogens is 1. The molecule has 1 N–H and O–H groups in total. The van der Waals surface area contributed by atoms with Crippen molar-refractivity contribution in [3.63, 3.8) is 0 Å². The molecule has 2 aromatic carbocycles. The van der Waals surface area contributed by atoms with Gasteiger partial charge in [0.2, 0.25) is 0 Å². The van der Waals surface area contributed by atoms with Crippen molar-refractivity contribution in [2.45, 2.75) is 65.8 Å². The normalized spacial score (nSPS) is 20.6. The number of Topliss-reactive ketones (excluding diaryl/α,β-unsaturated/α-hetero) is 2. The number of carbonyl (C=O) groups excluding carboxylic acids is 2. The number of ketones is 2. The summed E-state index contributed by atoms with van der Waals surface area (Å²) in [6.45, 7) is 9.02. The second kappa shape index (κ2) is 8.76. The monoisotopic (exact) mass is 523 g/mol. The molecule has 0 radical (unpaired) electrons. The highest BCUT2D eigenvalue weighted by Gasteiger charge is 2.47. The van der Waals surface area contributed by atoms with Crippen molar-refractivity contribution in [3.8, 4) is 0 Å². The van der Waals surface area contributed by atoms with E-state index in [1.54, 1.807) is 12.1 Å². The number of hydrogen-bond donors (Lipinski definition) is 1. The van der Waals surface area contributed by atoms with E-state index in [0.717, 1.165) is 57.4 Å². The fourth-order valence-electron chi connectivity index (χ4n) is 6.76. The highest BCUT2D eigenvalue weighted by molar-refractivity contribution is 6.08. The standard InChI is InChI=1S/C32H33N3O4/c1-31(2)13-23-29(26(36)15-31)28(30-24(33-23)14-32(3,4)16-27(30)37)22-18-34(25-8-6-5-7-21(22)25)17-19-9-11-20(12-10-19)35(38)39/h5-12,18,28,33H,13-17H2,1-4H3. The van der Waals surface area contributed by atoms with Gasteiger partial charge in [-0.15, -0.1) is 0 Å². The molecule has 0 amide bonds. The molecule has 7 nitrogen and oxygen atoms in total. The third-order valence-corrected chi connectivity index (χ3v) is 8.35. The van der Waals surface area contributed by atoms with Crippen LogP contribution in [0, 0.1) is 20.9 Å². The van der Waals surface area contributed by atoms with E-state index in [-0.39, 0.29) is 28.1 Å². The number of nitro benzene ring substituents is 1. The summed E-state index contributed by atoms with van der Waals surface area (Å²) in [6, 6.07) is 14.7. The molecule has 2 heterocycles. The van der Waals surface area contributed by atoms with E-state index in [9.17, 15) is 19.7 Å². The lowest BCUT2D eigenvalue weighted by Crippen LogP contribution is -2.42. The number of nitrogens with zero attached hydrogens (tertiary/aromatic N) is 2. The Morgan fingerprint density at radius 2 is 1.44 bits per heavy atom. The summed E-state index contributed by atoms with van der Waals surface area (Å²) < 4.78 is 2.13. The van der Waals surface area contributed by atoms with Crippen molar-refractivity contribution in [2.24, 2.45) is 10.8 Å². The molecular weight excluding hydrogens is 490 g/mol. The van der Waals surface area contributed by atoms with E-state index in [1.165, 1.54) is 12.1 Å². The number of dihydropyridines is 1. The van der Waals surface area contributed by atoms with E-state index in [1.807, 2.05) is 18.2 Å². The molecule has 0 spiro atoms. The molecule has 3 aliphatic rings. The first-order valence-electron chi connectivity index (χ1n) is 13.5. The van der Waals surface area contributed by atoms with Gasteiger partial charge in [0, 0.05) is 77.1 Å². The molecular formula is C32H33N3O4. The Hall–Kier alpha value is -4.00. The Balaban J connectivity index is 1.52. The predicted molar refractivity (Wildman–Crippen MR) is 150 cm³/mol. The summed E-state index contributed by atoms with van der Waals surface area (Å²) in [7, 11) is 0. The lowest BCUT2D eigenvalue weighted by atomic mass is 9.64. The summed E-state index contributed by atoms with van der Waals surface area (Å²) >= 11 is 0. The Morgan fingerprint density at radius 1 is 0.872 bits per heavy atom. The Morgan fingerprint density at radius 3 is 2.00 bits per heavy atom. The van der Waals surface area contributed by atoms with Crippen molar-refractivity contribution >= 4 is 28.2 Å². The molecule has 39 heavy (non-hydrogen) atoms. The molecule has 3 aromatic rings. The SMILES string of the molecule is CC1(C)CC(=O)C2=C(C1)NC1=C(C(=O)CC(C)(C)C1)C2c1cn(Cc2ccc([N+](=O)[O-])cc2)c2ccccc12. The van der Waals surface area contributed by atoms with Crippen LogP contribution in [0.5, 0.6) is 0 Å². The van der Waals surface area contributed by atoms with Crippen LogP contribution in [-0.4, -0.2) is 21.1 Å². The van der Waals surface area contributed by atoms with Crippen LogP contribution in [0.1, 0.15) is 70.4 Å². The number of fused-ring (bicyclic) bond motifs is 1. The zero-order chi connectivity index (χ0) is 27.7. The second-order valence-electron chi connectivity index (χ2n) is 12.9. The first-order chi connectivity index (χ1) is 18.4. The molecule has 7 heteroatoms. The van der Waals surface area contributed by atoms with E-state index in [4.69, 9.17) is 0 Å². The van der Waals surface area contributed by atoms with E-state index in [0.29, 0.717) is 19.4 Å². The molecule has 1 aliphatic heterocycles. The third-order valence-electron chi connectivity index (χ3n) is 8.35. The van der Waals surface area contributed by atoms with Gasteiger partial charge in [0.25, 0.3) is 5.69 Å².